The number of fused-ring (bicyclic) bond motifs is 1. The predicted octanol–water partition coefficient (Wildman–Crippen LogP) is 1.31. The molecule has 0 aromatic rings. The van der Waals surface area contributed by atoms with Gasteiger partial charge in [-0.3, -0.25) is 4.90 Å². The van der Waals surface area contributed by atoms with Crippen LogP contribution in [0.2, 0.25) is 0 Å². The molecule has 6 heteroatoms. The topological polar surface area (TPSA) is 76.1 Å². The molecule has 2 fully saturated rings. The van der Waals surface area contributed by atoms with E-state index in [-0.39, 0.29) is 24.7 Å². The number of hydrogen-bond acceptors (Lipinski definition) is 5. The van der Waals surface area contributed by atoms with E-state index in [0.717, 1.165) is 6.42 Å². The van der Waals surface area contributed by atoms with E-state index < -0.39 is 23.7 Å². The maximum absolute atomic E-state index is 12.3. The Kier molecular flexibility index (Phi) is 3.71. The largest absolute Gasteiger partial charge is 0.464 e. The highest BCUT2D eigenvalue weighted by Crippen LogP contribution is 2.59. The summed E-state index contributed by atoms with van der Waals surface area (Å²) in [4.78, 5) is 25.7. The normalized spacial score (nSPS) is 31.8. The molecule has 2 aliphatic rings. The Morgan fingerprint density at radius 2 is 2.00 bits per heavy atom. The first-order valence-electron chi connectivity index (χ1n) is 7.03. The molecule has 1 saturated heterocycles. The molecule has 0 aromatic heterocycles. The first-order chi connectivity index (χ1) is 9.24. The first kappa shape index (κ1) is 15.1. The summed E-state index contributed by atoms with van der Waals surface area (Å²) < 4.78 is 10.4. The lowest BCUT2D eigenvalue weighted by atomic mass is 10.0. The molecule has 0 radical (unpaired) electrons. The molecule has 0 unspecified atom stereocenters. The van der Waals surface area contributed by atoms with Crippen LogP contribution in [0.4, 0.5) is 4.79 Å². The maximum Gasteiger partial charge on any atom is 0.411 e. The summed E-state index contributed by atoms with van der Waals surface area (Å²) in [7, 11) is 0. The van der Waals surface area contributed by atoms with Crippen LogP contribution in [0, 0.1) is 5.41 Å². The Labute approximate surface area is 119 Å². The van der Waals surface area contributed by atoms with Gasteiger partial charge in [0.1, 0.15) is 11.6 Å². The maximum atomic E-state index is 12.3. The molecule has 6 nitrogen and oxygen atoms in total. The number of esters is 1. The molecule has 0 aromatic carbocycles. The summed E-state index contributed by atoms with van der Waals surface area (Å²) in [5, 5.41) is 9.50. The zero-order valence-electron chi connectivity index (χ0n) is 12.5. The van der Waals surface area contributed by atoms with Crippen molar-refractivity contribution in [2.24, 2.45) is 5.41 Å². The molecular formula is C14H23NO5. The zero-order valence-corrected chi connectivity index (χ0v) is 12.5. The van der Waals surface area contributed by atoms with Crippen LogP contribution in [-0.4, -0.2) is 53.0 Å². The second kappa shape index (κ2) is 4.91. The second-order valence-electron chi connectivity index (χ2n) is 6.60. The fourth-order valence-electron chi connectivity index (χ4n) is 2.88. The lowest BCUT2D eigenvalue weighted by molar-refractivity contribution is -0.149. The van der Waals surface area contributed by atoms with Gasteiger partial charge in [-0.25, -0.2) is 9.59 Å². The minimum Gasteiger partial charge on any atom is -0.464 e. The zero-order chi connectivity index (χ0) is 15.1. The van der Waals surface area contributed by atoms with Crippen LogP contribution in [0.15, 0.2) is 0 Å². The number of carbonyl (C=O) groups is 2. The standard InChI is InChI=1S/C14H23NO5/c1-5-19-11(17)9-6-14(8-16)7-10(14)15(9)12(18)20-13(2,3)4/h9-10,16H,5-8H2,1-4H3/t9-,10+,14+/m0/s1. The Balaban J connectivity index is 2.15. The van der Waals surface area contributed by atoms with Crippen LogP contribution in [-0.2, 0) is 14.3 Å². The van der Waals surface area contributed by atoms with Gasteiger partial charge in [0.05, 0.1) is 13.2 Å². The molecule has 1 amide bonds. The van der Waals surface area contributed by atoms with Gasteiger partial charge in [-0.2, -0.15) is 0 Å². The SMILES string of the molecule is CCOC(=O)[C@@H]1C[C@]2(CO)C[C@H]2N1C(=O)OC(C)(C)C. The number of amides is 1. The number of aliphatic hydroxyl groups is 1. The number of nitrogens with zero attached hydrogens (tertiary/aromatic N) is 1. The number of rotatable bonds is 3. The molecule has 114 valence electrons. The molecule has 1 saturated carbocycles. The number of ether oxygens (including phenoxy) is 2. The van der Waals surface area contributed by atoms with Gasteiger partial charge in [0.2, 0.25) is 0 Å². The highest BCUT2D eigenvalue weighted by Gasteiger charge is 2.68. The highest BCUT2D eigenvalue weighted by atomic mass is 16.6. The summed E-state index contributed by atoms with van der Waals surface area (Å²) in [5.74, 6) is -0.418. The Morgan fingerprint density at radius 1 is 1.35 bits per heavy atom. The van der Waals surface area contributed by atoms with Gasteiger partial charge in [0, 0.05) is 11.5 Å². The predicted molar refractivity (Wildman–Crippen MR) is 71.0 cm³/mol. The number of carbonyl (C=O) groups excluding carboxylic acids is 2. The number of piperidine rings is 1. The molecule has 0 spiro atoms. The molecule has 0 bridgehead atoms. The van der Waals surface area contributed by atoms with Crippen molar-refractivity contribution in [3.63, 3.8) is 0 Å². The van der Waals surface area contributed by atoms with E-state index in [1.165, 1.54) is 4.90 Å². The molecule has 1 aliphatic carbocycles. The lowest BCUT2D eigenvalue weighted by Crippen LogP contribution is -2.46. The van der Waals surface area contributed by atoms with Crippen LogP contribution in [0.5, 0.6) is 0 Å². The lowest BCUT2D eigenvalue weighted by Gasteiger charge is -2.29. The van der Waals surface area contributed by atoms with E-state index in [9.17, 15) is 14.7 Å². The van der Waals surface area contributed by atoms with Crippen molar-refractivity contribution in [2.45, 2.75) is 58.2 Å². The van der Waals surface area contributed by atoms with E-state index in [2.05, 4.69) is 0 Å². The van der Waals surface area contributed by atoms with Gasteiger partial charge in [-0.05, 0) is 40.5 Å². The van der Waals surface area contributed by atoms with Crippen LogP contribution in [0.1, 0.15) is 40.5 Å². The van der Waals surface area contributed by atoms with Gasteiger partial charge in [0.15, 0.2) is 0 Å². The fourth-order valence-corrected chi connectivity index (χ4v) is 2.88. The average molecular weight is 285 g/mol. The Bertz CT molecular complexity index is 416. The monoisotopic (exact) mass is 285 g/mol. The van der Waals surface area contributed by atoms with Crippen molar-refractivity contribution in [2.75, 3.05) is 13.2 Å². The van der Waals surface area contributed by atoms with Crippen molar-refractivity contribution in [1.29, 1.82) is 0 Å². The molecule has 2 rings (SSSR count). The smallest absolute Gasteiger partial charge is 0.411 e. The summed E-state index contributed by atoms with van der Waals surface area (Å²) in [5.41, 5.74) is -0.954. The molecule has 3 atom stereocenters. The Morgan fingerprint density at radius 3 is 2.50 bits per heavy atom. The number of aliphatic hydroxyl groups excluding tert-OH is 1. The van der Waals surface area contributed by atoms with E-state index in [1.54, 1.807) is 27.7 Å². The summed E-state index contributed by atoms with van der Waals surface area (Å²) in [6.07, 6.45) is 0.665. The molecule has 1 heterocycles. The van der Waals surface area contributed by atoms with E-state index in [1.807, 2.05) is 0 Å². The van der Waals surface area contributed by atoms with Gasteiger partial charge in [-0.15, -0.1) is 0 Å². The van der Waals surface area contributed by atoms with Gasteiger partial charge in [-0.1, -0.05) is 0 Å². The summed E-state index contributed by atoms with van der Waals surface area (Å²) in [6, 6.07) is -0.757. The number of likely N-dealkylation sites (tertiary alicyclic amines) is 1. The van der Waals surface area contributed by atoms with Crippen molar-refractivity contribution in [1.82, 2.24) is 4.90 Å². The summed E-state index contributed by atoms with van der Waals surface area (Å²) >= 11 is 0. The molecule has 1 aliphatic heterocycles. The van der Waals surface area contributed by atoms with Crippen LogP contribution >= 0.6 is 0 Å². The van der Waals surface area contributed by atoms with Gasteiger partial charge >= 0.3 is 12.1 Å². The summed E-state index contributed by atoms with van der Waals surface area (Å²) in [6.45, 7) is 7.33. The van der Waals surface area contributed by atoms with E-state index in [4.69, 9.17) is 9.47 Å². The van der Waals surface area contributed by atoms with Crippen molar-refractivity contribution in [3.05, 3.63) is 0 Å². The minimum atomic E-state index is -0.643. The number of hydrogen-bond donors (Lipinski definition) is 1. The first-order valence-corrected chi connectivity index (χ1v) is 7.03. The highest BCUT2D eigenvalue weighted by molar-refractivity contribution is 5.83. The van der Waals surface area contributed by atoms with E-state index >= 15 is 0 Å². The van der Waals surface area contributed by atoms with Crippen LogP contribution in [0.3, 0.4) is 0 Å². The third-order valence-electron chi connectivity index (χ3n) is 3.90. The van der Waals surface area contributed by atoms with Crippen molar-refractivity contribution >= 4 is 12.1 Å². The molecule has 20 heavy (non-hydrogen) atoms. The third-order valence-corrected chi connectivity index (χ3v) is 3.90. The van der Waals surface area contributed by atoms with Crippen LogP contribution in [0.25, 0.3) is 0 Å². The average Bonchev–Trinajstić information content (AvgIpc) is 2.93. The second-order valence-corrected chi connectivity index (χ2v) is 6.60. The third kappa shape index (κ3) is 2.61. The molecular weight excluding hydrogens is 262 g/mol. The van der Waals surface area contributed by atoms with Gasteiger partial charge < -0.3 is 14.6 Å². The minimum absolute atomic E-state index is 0.0210. The quantitative estimate of drug-likeness (QED) is 0.791. The van der Waals surface area contributed by atoms with Crippen molar-refractivity contribution < 1.29 is 24.2 Å². The van der Waals surface area contributed by atoms with E-state index in [0.29, 0.717) is 6.42 Å². The van der Waals surface area contributed by atoms with Gasteiger partial charge in [0.25, 0.3) is 0 Å². The molecule has 1 N–H and O–H groups in total. The Hall–Kier alpha value is -1.30. The van der Waals surface area contributed by atoms with Crippen molar-refractivity contribution in [3.8, 4) is 0 Å². The van der Waals surface area contributed by atoms with Crippen LogP contribution < -0.4 is 0 Å². The fraction of sp³-hybridized carbons (Fsp3) is 0.857.